The van der Waals surface area contributed by atoms with Gasteiger partial charge < -0.3 is 10.3 Å². The molecule has 0 radical (unpaired) electrons. The van der Waals surface area contributed by atoms with Crippen molar-refractivity contribution in [1.29, 1.82) is 0 Å². The molecule has 0 atom stereocenters. The number of nitrogens with zero attached hydrogens (tertiary/aromatic N) is 2. The SMILES string of the molecule is c1ccc2c(c1)[nH]c1nccc(-c3ccnc(C4CCNCC4)c3)c12. The Morgan fingerprint density at radius 3 is 2.68 bits per heavy atom. The highest BCUT2D eigenvalue weighted by Gasteiger charge is 2.18. The molecule has 25 heavy (non-hydrogen) atoms. The molecule has 0 saturated carbocycles. The summed E-state index contributed by atoms with van der Waals surface area (Å²) in [6, 6.07) is 14.9. The van der Waals surface area contributed by atoms with Crippen LogP contribution in [-0.2, 0) is 0 Å². The third-order valence-corrected chi connectivity index (χ3v) is 5.25. The van der Waals surface area contributed by atoms with Crippen molar-refractivity contribution in [3.63, 3.8) is 0 Å². The van der Waals surface area contributed by atoms with Crippen molar-refractivity contribution in [3.8, 4) is 11.1 Å². The Bertz CT molecular complexity index is 1040. The van der Waals surface area contributed by atoms with Crippen molar-refractivity contribution in [3.05, 3.63) is 60.6 Å². The van der Waals surface area contributed by atoms with Crippen LogP contribution in [-0.4, -0.2) is 28.0 Å². The molecule has 1 aromatic carbocycles. The van der Waals surface area contributed by atoms with Gasteiger partial charge in [-0.2, -0.15) is 0 Å². The van der Waals surface area contributed by atoms with Gasteiger partial charge in [-0.25, -0.2) is 4.98 Å². The van der Waals surface area contributed by atoms with E-state index in [1.807, 2.05) is 12.4 Å². The Morgan fingerprint density at radius 2 is 1.76 bits per heavy atom. The minimum absolute atomic E-state index is 0.557. The molecule has 4 heterocycles. The lowest BCUT2D eigenvalue weighted by Crippen LogP contribution is -2.27. The highest BCUT2D eigenvalue weighted by molar-refractivity contribution is 6.12. The Labute approximate surface area is 146 Å². The monoisotopic (exact) mass is 328 g/mol. The molecule has 4 aromatic rings. The minimum Gasteiger partial charge on any atom is -0.339 e. The van der Waals surface area contributed by atoms with Gasteiger partial charge in [-0.1, -0.05) is 18.2 Å². The maximum atomic E-state index is 4.67. The summed E-state index contributed by atoms with van der Waals surface area (Å²) in [6.07, 6.45) is 6.16. The van der Waals surface area contributed by atoms with Crippen LogP contribution in [0.25, 0.3) is 33.1 Å². The molecule has 0 amide bonds. The van der Waals surface area contributed by atoms with Gasteiger partial charge in [0.05, 0.1) is 0 Å². The van der Waals surface area contributed by atoms with E-state index in [1.165, 1.54) is 27.6 Å². The predicted octanol–water partition coefficient (Wildman–Crippen LogP) is 4.25. The summed E-state index contributed by atoms with van der Waals surface area (Å²) in [4.78, 5) is 12.6. The van der Waals surface area contributed by atoms with Crippen LogP contribution < -0.4 is 5.32 Å². The molecule has 1 aliphatic heterocycles. The average molecular weight is 328 g/mol. The van der Waals surface area contributed by atoms with E-state index >= 15 is 0 Å². The molecule has 0 bridgehead atoms. The van der Waals surface area contributed by atoms with Crippen molar-refractivity contribution >= 4 is 21.9 Å². The molecule has 4 heteroatoms. The zero-order valence-electron chi connectivity index (χ0n) is 14.0. The number of para-hydroxylation sites is 1. The van der Waals surface area contributed by atoms with Crippen LogP contribution in [0.1, 0.15) is 24.5 Å². The summed E-state index contributed by atoms with van der Waals surface area (Å²) in [6.45, 7) is 2.16. The number of pyridine rings is 2. The summed E-state index contributed by atoms with van der Waals surface area (Å²) < 4.78 is 0. The van der Waals surface area contributed by atoms with E-state index in [9.17, 15) is 0 Å². The molecule has 1 aliphatic rings. The molecule has 0 aliphatic carbocycles. The first-order chi connectivity index (χ1) is 12.4. The molecule has 1 saturated heterocycles. The molecule has 0 unspecified atom stereocenters. The molecule has 0 spiro atoms. The Hall–Kier alpha value is -2.72. The van der Waals surface area contributed by atoms with E-state index in [-0.39, 0.29) is 0 Å². The van der Waals surface area contributed by atoms with Gasteiger partial charge in [-0.3, -0.25) is 4.98 Å². The molecule has 1 fully saturated rings. The lowest BCUT2D eigenvalue weighted by Gasteiger charge is -2.22. The standard InChI is InChI=1S/C21H20N4/c1-2-4-18-17(3-1)20-16(8-12-24-21(20)25-18)15-7-11-23-19(13-15)14-5-9-22-10-6-14/h1-4,7-8,11-14,22H,5-6,9-10H2,(H,24,25). The summed E-state index contributed by atoms with van der Waals surface area (Å²) in [5.41, 5.74) is 5.73. The third kappa shape index (κ3) is 2.50. The fourth-order valence-electron chi connectivity index (χ4n) is 3.96. The number of hydrogen-bond donors (Lipinski definition) is 2. The first-order valence-electron chi connectivity index (χ1n) is 8.92. The van der Waals surface area contributed by atoms with E-state index in [2.05, 4.69) is 62.7 Å². The van der Waals surface area contributed by atoms with Crippen LogP contribution in [0, 0.1) is 0 Å². The van der Waals surface area contributed by atoms with Crippen molar-refractivity contribution in [2.45, 2.75) is 18.8 Å². The Morgan fingerprint density at radius 1 is 0.920 bits per heavy atom. The van der Waals surface area contributed by atoms with E-state index < -0.39 is 0 Å². The zero-order chi connectivity index (χ0) is 16.6. The van der Waals surface area contributed by atoms with Gasteiger partial charge in [-0.05, 0) is 61.3 Å². The van der Waals surface area contributed by atoms with Gasteiger partial charge >= 0.3 is 0 Å². The summed E-state index contributed by atoms with van der Waals surface area (Å²) in [5, 5.41) is 5.85. The van der Waals surface area contributed by atoms with Crippen LogP contribution in [0.5, 0.6) is 0 Å². The number of rotatable bonds is 2. The molecule has 124 valence electrons. The van der Waals surface area contributed by atoms with E-state index in [4.69, 9.17) is 0 Å². The second kappa shape index (κ2) is 5.97. The van der Waals surface area contributed by atoms with E-state index in [0.29, 0.717) is 5.92 Å². The smallest absolute Gasteiger partial charge is 0.138 e. The molecule has 3 aromatic heterocycles. The normalized spacial score (nSPS) is 15.8. The fraction of sp³-hybridized carbons (Fsp3) is 0.238. The number of nitrogens with one attached hydrogen (secondary N) is 2. The second-order valence-corrected chi connectivity index (χ2v) is 6.75. The number of piperidine rings is 1. The second-order valence-electron chi connectivity index (χ2n) is 6.75. The Balaban J connectivity index is 1.68. The Kier molecular flexibility index (Phi) is 3.49. The fourth-order valence-corrected chi connectivity index (χ4v) is 3.96. The first kappa shape index (κ1) is 14.6. The number of fused-ring (bicyclic) bond motifs is 3. The molecule has 5 rings (SSSR count). The van der Waals surface area contributed by atoms with Gasteiger partial charge in [0.1, 0.15) is 5.65 Å². The number of H-pyrrole nitrogens is 1. The molecular formula is C21H20N4. The third-order valence-electron chi connectivity index (χ3n) is 5.25. The van der Waals surface area contributed by atoms with Crippen LogP contribution in [0.4, 0.5) is 0 Å². The lowest BCUT2D eigenvalue weighted by atomic mass is 9.92. The maximum absolute atomic E-state index is 4.67. The average Bonchev–Trinajstić information content (AvgIpc) is 3.07. The summed E-state index contributed by atoms with van der Waals surface area (Å²) in [5.74, 6) is 0.557. The molecule has 2 N–H and O–H groups in total. The van der Waals surface area contributed by atoms with Crippen molar-refractivity contribution in [1.82, 2.24) is 20.3 Å². The van der Waals surface area contributed by atoms with Gasteiger partial charge in [0.25, 0.3) is 0 Å². The van der Waals surface area contributed by atoms with Crippen molar-refractivity contribution < 1.29 is 0 Å². The van der Waals surface area contributed by atoms with E-state index in [1.54, 1.807) is 0 Å². The van der Waals surface area contributed by atoms with Crippen LogP contribution in [0.2, 0.25) is 0 Å². The van der Waals surface area contributed by atoms with Gasteiger partial charge in [0.15, 0.2) is 0 Å². The van der Waals surface area contributed by atoms with E-state index in [0.717, 1.165) is 37.1 Å². The number of aromatic amines is 1. The number of hydrogen-bond acceptors (Lipinski definition) is 3. The highest BCUT2D eigenvalue weighted by atomic mass is 14.9. The van der Waals surface area contributed by atoms with Gasteiger partial charge in [0, 0.05) is 40.3 Å². The molecule has 4 nitrogen and oxygen atoms in total. The quantitative estimate of drug-likeness (QED) is 0.578. The minimum atomic E-state index is 0.557. The van der Waals surface area contributed by atoms with Crippen molar-refractivity contribution in [2.24, 2.45) is 0 Å². The largest absolute Gasteiger partial charge is 0.339 e. The lowest BCUT2D eigenvalue weighted by molar-refractivity contribution is 0.453. The van der Waals surface area contributed by atoms with Crippen LogP contribution >= 0.6 is 0 Å². The van der Waals surface area contributed by atoms with Gasteiger partial charge in [0.2, 0.25) is 0 Å². The topological polar surface area (TPSA) is 53.6 Å². The van der Waals surface area contributed by atoms with Crippen LogP contribution in [0.3, 0.4) is 0 Å². The zero-order valence-corrected chi connectivity index (χ0v) is 14.0. The van der Waals surface area contributed by atoms with Crippen LogP contribution in [0.15, 0.2) is 54.9 Å². The summed E-state index contributed by atoms with van der Waals surface area (Å²) >= 11 is 0. The molecular weight excluding hydrogens is 308 g/mol. The predicted molar refractivity (Wildman–Crippen MR) is 102 cm³/mol. The highest BCUT2D eigenvalue weighted by Crippen LogP contribution is 2.34. The number of benzene rings is 1. The van der Waals surface area contributed by atoms with Gasteiger partial charge in [-0.15, -0.1) is 0 Å². The first-order valence-corrected chi connectivity index (χ1v) is 8.92. The summed E-state index contributed by atoms with van der Waals surface area (Å²) in [7, 11) is 0. The maximum Gasteiger partial charge on any atom is 0.138 e. The number of aromatic nitrogens is 3. The van der Waals surface area contributed by atoms with Crippen molar-refractivity contribution in [2.75, 3.05) is 13.1 Å².